The van der Waals surface area contributed by atoms with Crippen LogP contribution < -0.4 is 9.80 Å². The zero-order valence-corrected chi connectivity index (χ0v) is 28.7. The maximum Gasteiger partial charge on any atom is 0.0540 e. The lowest BCUT2D eigenvalue weighted by molar-refractivity contribution is 1.28. The fourth-order valence-electron chi connectivity index (χ4n) is 5.96. The highest BCUT2D eigenvalue weighted by Crippen LogP contribution is 2.39. The number of fused-ring (bicyclic) bond motifs is 1. The summed E-state index contributed by atoms with van der Waals surface area (Å²) in [5.74, 6) is 0. The molecule has 0 amide bonds. The molecule has 6 rings (SSSR count). The number of hydrogen-bond acceptors (Lipinski definition) is 2. The molecule has 0 atom stereocenters. The lowest BCUT2D eigenvalue weighted by Crippen LogP contribution is -2.10. The molecule has 0 fully saturated rings. The summed E-state index contributed by atoms with van der Waals surface area (Å²) in [4.78, 5) is 4.46. The van der Waals surface area contributed by atoms with Gasteiger partial charge in [-0.2, -0.15) is 0 Å². The lowest BCUT2D eigenvalue weighted by Gasteiger charge is -2.27. The smallest absolute Gasteiger partial charge is 0.0540 e. The molecule has 0 unspecified atom stereocenters. The van der Waals surface area contributed by atoms with Crippen LogP contribution in [0.25, 0.3) is 28.5 Å². The van der Waals surface area contributed by atoms with Crippen molar-refractivity contribution in [2.75, 3.05) is 9.80 Å². The third-order valence-corrected chi connectivity index (χ3v) is 8.60. The summed E-state index contributed by atoms with van der Waals surface area (Å²) in [7, 11) is 0. The fraction of sp³-hybridized carbons (Fsp3) is 0.0417. The van der Waals surface area contributed by atoms with Crippen molar-refractivity contribution in [2.45, 2.75) is 13.8 Å². The number of nitrogens with zero attached hydrogens (tertiary/aromatic N) is 2. The van der Waals surface area contributed by atoms with E-state index in [1.807, 2.05) is 12.1 Å². The Morgan fingerprint density at radius 1 is 0.600 bits per heavy atom. The highest BCUT2D eigenvalue weighted by Gasteiger charge is 2.15. The van der Waals surface area contributed by atoms with Gasteiger partial charge in [-0.05, 0) is 102 Å². The number of para-hydroxylation sites is 1. The first-order valence-corrected chi connectivity index (χ1v) is 17.0. The van der Waals surface area contributed by atoms with Crippen LogP contribution in [0.2, 0.25) is 0 Å². The minimum absolute atomic E-state index is 1.09. The van der Waals surface area contributed by atoms with Crippen LogP contribution in [-0.4, -0.2) is 0 Å². The molecular weight excluding hydrogens is 605 g/mol. The molecule has 6 aromatic carbocycles. The standard InChI is InChI=1S/C48H42N2/c1-4-17-41(23-16-37-49(44-24-7-6-8-25-44)36-14-13-20-40-19-10-9-18-38(40)3)42-30-34-46(35-31-42)50(45-32-28-39(5-2)29-33-45)48-27-15-22-43-21-11-12-26-47(43)48/h4-37H,2H2,1,3H3/b17-4-,20-13-,36-14+,37-16+,41-23+. The number of benzene rings is 6. The zero-order chi connectivity index (χ0) is 34.5. The van der Waals surface area contributed by atoms with E-state index in [9.17, 15) is 0 Å². The van der Waals surface area contributed by atoms with E-state index in [1.54, 1.807) is 0 Å². The minimum Gasteiger partial charge on any atom is -0.324 e. The molecule has 0 aromatic heterocycles. The van der Waals surface area contributed by atoms with Gasteiger partial charge in [-0.1, -0.05) is 146 Å². The second-order valence-corrected chi connectivity index (χ2v) is 11.9. The average molecular weight is 647 g/mol. The van der Waals surface area contributed by atoms with Crippen molar-refractivity contribution in [3.8, 4) is 0 Å². The van der Waals surface area contributed by atoms with E-state index in [4.69, 9.17) is 0 Å². The van der Waals surface area contributed by atoms with Gasteiger partial charge in [-0.25, -0.2) is 0 Å². The molecule has 0 radical (unpaired) electrons. The number of hydrogen-bond donors (Lipinski definition) is 0. The van der Waals surface area contributed by atoms with Gasteiger partial charge in [0.2, 0.25) is 0 Å². The topological polar surface area (TPSA) is 6.48 Å². The van der Waals surface area contributed by atoms with E-state index >= 15 is 0 Å². The van der Waals surface area contributed by atoms with Crippen molar-refractivity contribution < 1.29 is 0 Å². The predicted molar refractivity (Wildman–Crippen MR) is 219 cm³/mol. The Kier molecular flexibility index (Phi) is 11.2. The third kappa shape index (κ3) is 8.18. The van der Waals surface area contributed by atoms with E-state index < -0.39 is 0 Å². The van der Waals surface area contributed by atoms with Crippen molar-refractivity contribution in [1.82, 2.24) is 0 Å². The molecule has 0 aliphatic carbocycles. The maximum atomic E-state index is 3.94. The molecule has 0 heterocycles. The molecule has 6 aromatic rings. The van der Waals surface area contributed by atoms with Gasteiger partial charge in [0.1, 0.15) is 0 Å². The first-order chi connectivity index (χ1) is 24.6. The summed E-state index contributed by atoms with van der Waals surface area (Å²) < 4.78 is 0. The van der Waals surface area contributed by atoms with Crippen molar-refractivity contribution in [2.24, 2.45) is 0 Å². The summed E-state index contributed by atoms with van der Waals surface area (Å²) in [5.41, 5.74) is 10.2. The third-order valence-electron chi connectivity index (χ3n) is 8.60. The normalized spacial score (nSPS) is 12.1. The molecule has 244 valence electrons. The van der Waals surface area contributed by atoms with Gasteiger partial charge in [0, 0.05) is 34.8 Å². The van der Waals surface area contributed by atoms with Gasteiger partial charge >= 0.3 is 0 Å². The largest absolute Gasteiger partial charge is 0.324 e. The van der Waals surface area contributed by atoms with Crippen LogP contribution in [-0.2, 0) is 0 Å². The molecule has 2 heteroatoms. The van der Waals surface area contributed by atoms with E-state index in [2.05, 4.69) is 225 Å². The van der Waals surface area contributed by atoms with Crippen LogP contribution in [0.15, 0.2) is 201 Å². The number of anilines is 4. The minimum atomic E-state index is 1.09. The highest BCUT2D eigenvalue weighted by molar-refractivity contribution is 5.99. The van der Waals surface area contributed by atoms with Crippen LogP contribution in [0.1, 0.15) is 29.2 Å². The molecule has 0 aliphatic rings. The summed E-state index contributed by atoms with van der Waals surface area (Å²) in [6, 6.07) is 51.2. The van der Waals surface area contributed by atoms with Crippen LogP contribution in [0, 0.1) is 6.92 Å². The Labute approximate surface area is 297 Å². The molecule has 2 nitrogen and oxygen atoms in total. The summed E-state index contributed by atoms with van der Waals surface area (Å²) >= 11 is 0. The van der Waals surface area contributed by atoms with Crippen LogP contribution in [0.3, 0.4) is 0 Å². The monoisotopic (exact) mass is 646 g/mol. The molecule has 0 N–H and O–H groups in total. The predicted octanol–water partition coefficient (Wildman–Crippen LogP) is 13.5. The molecule has 0 aliphatic heterocycles. The van der Waals surface area contributed by atoms with Crippen molar-refractivity contribution >= 4 is 51.2 Å². The summed E-state index contributed by atoms with van der Waals surface area (Å²) in [6.07, 6.45) is 20.9. The Bertz CT molecular complexity index is 2180. The van der Waals surface area contributed by atoms with Gasteiger partial charge < -0.3 is 9.80 Å². The van der Waals surface area contributed by atoms with E-state index in [0.29, 0.717) is 0 Å². The molecule has 0 saturated heterocycles. The van der Waals surface area contributed by atoms with Crippen molar-refractivity contribution in [3.63, 3.8) is 0 Å². The Hall–Kier alpha value is -6.38. The van der Waals surface area contributed by atoms with E-state index in [0.717, 1.165) is 39.4 Å². The molecule has 0 bridgehead atoms. The summed E-state index contributed by atoms with van der Waals surface area (Å²) in [5, 5.41) is 2.41. The van der Waals surface area contributed by atoms with Crippen molar-refractivity contribution in [1.29, 1.82) is 0 Å². The molecule has 50 heavy (non-hydrogen) atoms. The molecule has 0 spiro atoms. The van der Waals surface area contributed by atoms with Crippen LogP contribution in [0.4, 0.5) is 22.7 Å². The first kappa shape index (κ1) is 33.5. The van der Waals surface area contributed by atoms with Crippen LogP contribution >= 0.6 is 0 Å². The highest BCUT2D eigenvalue weighted by atomic mass is 15.1. The SMILES string of the molecule is C=Cc1ccc(N(c2ccc(C(/C=C\C)=C/C=C/N(/C=C/C=C\c3ccccc3C)c3ccccc3)cc2)c2cccc3ccccc23)cc1. The molecule has 0 saturated carbocycles. The zero-order valence-electron chi connectivity index (χ0n) is 28.7. The van der Waals surface area contributed by atoms with Crippen LogP contribution in [0.5, 0.6) is 0 Å². The Morgan fingerprint density at radius 2 is 1.26 bits per heavy atom. The number of allylic oxidation sites excluding steroid dienone is 7. The first-order valence-electron chi connectivity index (χ1n) is 17.0. The number of rotatable bonds is 12. The van der Waals surface area contributed by atoms with E-state index in [-0.39, 0.29) is 0 Å². The Balaban J connectivity index is 1.30. The number of aryl methyl sites for hydroxylation is 1. The van der Waals surface area contributed by atoms with Crippen molar-refractivity contribution in [3.05, 3.63) is 223 Å². The molecular formula is C48H42N2. The van der Waals surface area contributed by atoms with Gasteiger partial charge in [0.15, 0.2) is 0 Å². The quantitative estimate of drug-likeness (QED) is 0.122. The maximum absolute atomic E-state index is 3.94. The van der Waals surface area contributed by atoms with Gasteiger partial charge in [-0.15, -0.1) is 0 Å². The second-order valence-electron chi connectivity index (χ2n) is 11.9. The van der Waals surface area contributed by atoms with Gasteiger partial charge in [-0.3, -0.25) is 0 Å². The van der Waals surface area contributed by atoms with Gasteiger partial charge in [0.25, 0.3) is 0 Å². The van der Waals surface area contributed by atoms with E-state index in [1.165, 1.54) is 21.9 Å². The lowest BCUT2D eigenvalue weighted by atomic mass is 10.0. The Morgan fingerprint density at radius 3 is 2.00 bits per heavy atom. The second kappa shape index (κ2) is 16.6. The fourth-order valence-corrected chi connectivity index (χ4v) is 5.96. The average Bonchev–Trinajstić information content (AvgIpc) is 3.17. The van der Waals surface area contributed by atoms with Gasteiger partial charge in [0.05, 0.1) is 5.69 Å². The summed E-state index contributed by atoms with van der Waals surface area (Å²) in [6.45, 7) is 8.13.